The number of piperidine rings is 1. The van der Waals surface area contributed by atoms with Crippen LogP contribution in [0.3, 0.4) is 0 Å². The standard InChI is InChI=1S/C31H48N6O5/c1-23(32-5)28(39)34-27(31(2,3)4)29(40)33-20-26(38)37-19-18-36(17-16-35-14-10-7-11-15-35)30(41)25(37)22-42-21-24-12-8-6-9-13-24/h6,8-9,12-13,18-19,23,25,27,32H,7,10-11,14-17,20-22H2,1-5H3,(H,33,40)(H,34,39)/t23-,25-,27+/m0/s1. The molecule has 0 unspecified atom stereocenters. The number of rotatable bonds is 13. The summed E-state index contributed by atoms with van der Waals surface area (Å²) in [6.07, 6.45) is 6.81. The first kappa shape index (κ1) is 33.2. The van der Waals surface area contributed by atoms with E-state index >= 15 is 0 Å². The Morgan fingerprint density at radius 3 is 2.33 bits per heavy atom. The van der Waals surface area contributed by atoms with E-state index in [1.807, 2.05) is 51.1 Å². The molecule has 0 radical (unpaired) electrons. The van der Waals surface area contributed by atoms with E-state index in [4.69, 9.17) is 4.74 Å². The maximum Gasteiger partial charge on any atom is 0.252 e. The van der Waals surface area contributed by atoms with E-state index in [2.05, 4.69) is 20.9 Å². The van der Waals surface area contributed by atoms with Gasteiger partial charge in [0.25, 0.3) is 5.91 Å². The van der Waals surface area contributed by atoms with E-state index in [1.54, 1.807) is 31.3 Å². The summed E-state index contributed by atoms with van der Waals surface area (Å²) in [5.74, 6) is -1.45. The minimum Gasteiger partial charge on any atom is -0.374 e. The highest BCUT2D eigenvalue weighted by molar-refractivity contribution is 5.94. The summed E-state index contributed by atoms with van der Waals surface area (Å²) in [6.45, 7) is 10.6. The van der Waals surface area contributed by atoms with Gasteiger partial charge in [0.15, 0.2) is 0 Å². The Morgan fingerprint density at radius 1 is 1.00 bits per heavy atom. The molecule has 3 atom stereocenters. The fourth-order valence-electron chi connectivity index (χ4n) is 4.96. The number of likely N-dealkylation sites (N-methyl/N-ethyl adjacent to an activating group) is 1. The second kappa shape index (κ2) is 15.8. The van der Waals surface area contributed by atoms with Gasteiger partial charge in [0, 0.05) is 25.5 Å². The molecule has 0 aliphatic carbocycles. The van der Waals surface area contributed by atoms with Crippen LogP contribution in [-0.4, -0.2) is 103 Å². The highest BCUT2D eigenvalue weighted by atomic mass is 16.5. The van der Waals surface area contributed by atoms with Crippen molar-refractivity contribution in [3.63, 3.8) is 0 Å². The second-order valence-corrected chi connectivity index (χ2v) is 12.1. The third kappa shape index (κ3) is 9.64. The van der Waals surface area contributed by atoms with Crippen molar-refractivity contribution >= 4 is 23.6 Å². The molecule has 1 aromatic rings. The summed E-state index contributed by atoms with van der Waals surface area (Å²) in [5, 5.41) is 8.31. The highest BCUT2D eigenvalue weighted by Crippen LogP contribution is 2.20. The molecule has 3 N–H and O–H groups in total. The molecular weight excluding hydrogens is 536 g/mol. The van der Waals surface area contributed by atoms with Gasteiger partial charge < -0.3 is 35.4 Å². The van der Waals surface area contributed by atoms with Crippen LogP contribution in [0, 0.1) is 5.41 Å². The van der Waals surface area contributed by atoms with E-state index in [0.29, 0.717) is 13.2 Å². The van der Waals surface area contributed by atoms with Crippen molar-refractivity contribution in [2.75, 3.05) is 46.4 Å². The summed E-state index contributed by atoms with van der Waals surface area (Å²) < 4.78 is 5.91. The molecule has 4 amide bonds. The Morgan fingerprint density at radius 2 is 1.69 bits per heavy atom. The number of hydrogen-bond donors (Lipinski definition) is 3. The Kier molecular flexibility index (Phi) is 12.5. The average molecular weight is 585 g/mol. The van der Waals surface area contributed by atoms with Crippen molar-refractivity contribution in [3.8, 4) is 0 Å². The Hall–Kier alpha value is -3.28. The van der Waals surface area contributed by atoms with Gasteiger partial charge in [-0.2, -0.15) is 0 Å². The molecule has 1 aromatic carbocycles. The molecule has 1 fully saturated rings. The molecule has 11 nitrogen and oxygen atoms in total. The predicted molar refractivity (Wildman–Crippen MR) is 161 cm³/mol. The summed E-state index contributed by atoms with van der Waals surface area (Å²) >= 11 is 0. The van der Waals surface area contributed by atoms with Gasteiger partial charge in [-0.15, -0.1) is 0 Å². The first-order valence-electron chi connectivity index (χ1n) is 14.9. The largest absolute Gasteiger partial charge is 0.374 e. The normalized spacial score (nSPS) is 19.4. The zero-order valence-corrected chi connectivity index (χ0v) is 25.7. The second-order valence-electron chi connectivity index (χ2n) is 12.1. The molecule has 2 aliphatic rings. The fourth-order valence-corrected chi connectivity index (χ4v) is 4.96. The molecule has 1 saturated heterocycles. The van der Waals surface area contributed by atoms with Gasteiger partial charge in [-0.25, -0.2) is 0 Å². The maximum atomic E-state index is 13.6. The van der Waals surface area contributed by atoms with Crippen molar-refractivity contribution in [2.45, 2.75) is 71.7 Å². The lowest BCUT2D eigenvalue weighted by molar-refractivity contribution is -0.146. The number of carbonyl (C=O) groups excluding carboxylic acids is 4. The molecule has 232 valence electrons. The SMILES string of the molecule is CN[C@@H](C)C(=O)N[C@H](C(=O)NCC(=O)N1C=CN(CCN2CCCCC2)C(=O)[C@@H]1COCc1ccccc1)C(C)(C)C. The van der Waals surface area contributed by atoms with Crippen LogP contribution < -0.4 is 16.0 Å². The van der Waals surface area contributed by atoms with Crippen LogP contribution in [0.5, 0.6) is 0 Å². The van der Waals surface area contributed by atoms with Gasteiger partial charge in [0.05, 0.1) is 25.8 Å². The van der Waals surface area contributed by atoms with Gasteiger partial charge in [0.2, 0.25) is 17.7 Å². The Balaban J connectivity index is 1.67. The lowest BCUT2D eigenvalue weighted by atomic mass is 9.86. The molecule has 2 heterocycles. The van der Waals surface area contributed by atoms with Crippen LogP contribution in [-0.2, 0) is 30.5 Å². The molecule has 42 heavy (non-hydrogen) atoms. The van der Waals surface area contributed by atoms with Crippen LogP contribution in [0.2, 0.25) is 0 Å². The number of amides is 4. The van der Waals surface area contributed by atoms with Gasteiger partial charge in [0.1, 0.15) is 12.1 Å². The van der Waals surface area contributed by atoms with Crippen LogP contribution in [0.15, 0.2) is 42.7 Å². The van der Waals surface area contributed by atoms with Gasteiger partial charge >= 0.3 is 0 Å². The number of hydrogen-bond acceptors (Lipinski definition) is 7. The molecule has 0 spiro atoms. The molecule has 0 bridgehead atoms. The quantitative estimate of drug-likeness (QED) is 0.321. The number of ether oxygens (including phenoxy) is 1. The van der Waals surface area contributed by atoms with Crippen molar-refractivity contribution in [1.82, 2.24) is 30.7 Å². The first-order chi connectivity index (χ1) is 20.0. The average Bonchev–Trinajstić information content (AvgIpc) is 2.98. The summed E-state index contributed by atoms with van der Waals surface area (Å²) in [5.41, 5.74) is 0.367. The number of likely N-dealkylation sites (tertiary alicyclic amines) is 1. The lowest BCUT2D eigenvalue weighted by Crippen LogP contribution is -2.59. The fraction of sp³-hybridized carbons (Fsp3) is 0.613. The topological polar surface area (TPSA) is 123 Å². The van der Waals surface area contributed by atoms with E-state index in [-0.39, 0.29) is 25.0 Å². The Bertz CT molecular complexity index is 1080. The molecule has 11 heteroatoms. The monoisotopic (exact) mass is 584 g/mol. The van der Waals surface area contributed by atoms with Crippen LogP contribution in [0.1, 0.15) is 52.5 Å². The van der Waals surface area contributed by atoms with Crippen LogP contribution in [0.25, 0.3) is 0 Å². The van der Waals surface area contributed by atoms with E-state index in [0.717, 1.165) is 25.2 Å². The van der Waals surface area contributed by atoms with Gasteiger partial charge in [-0.1, -0.05) is 57.5 Å². The maximum absolute atomic E-state index is 13.6. The Labute approximate surface area is 250 Å². The van der Waals surface area contributed by atoms with Crippen molar-refractivity contribution in [2.24, 2.45) is 5.41 Å². The molecule has 0 aromatic heterocycles. The lowest BCUT2D eigenvalue weighted by Gasteiger charge is -2.37. The summed E-state index contributed by atoms with van der Waals surface area (Å²) in [4.78, 5) is 58.0. The van der Waals surface area contributed by atoms with Crippen molar-refractivity contribution in [1.29, 1.82) is 0 Å². The third-order valence-electron chi connectivity index (χ3n) is 7.75. The minimum atomic E-state index is -0.862. The van der Waals surface area contributed by atoms with Crippen molar-refractivity contribution in [3.05, 3.63) is 48.3 Å². The molecule has 0 saturated carbocycles. The summed E-state index contributed by atoms with van der Waals surface area (Å²) in [7, 11) is 1.66. The number of nitrogens with one attached hydrogen (secondary N) is 3. The smallest absolute Gasteiger partial charge is 0.252 e. The zero-order valence-electron chi connectivity index (χ0n) is 25.7. The first-order valence-corrected chi connectivity index (χ1v) is 14.9. The summed E-state index contributed by atoms with van der Waals surface area (Å²) in [6, 6.07) is 7.43. The van der Waals surface area contributed by atoms with Gasteiger partial charge in [-0.05, 0) is 50.9 Å². The minimum absolute atomic E-state index is 0.0144. The predicted octanol–water partition coefficient (Wildman–Crippen LogP) is 1.45. The molecule has 3 rings (SSSR count). The number of benzene rings is 1. The molecular formula is C31H48N6O5. The number of carbonyl (C=O) groups is 4. The zero-order chi connectivity index (χ0) is 30.7. The van der Waals surface area contributed by atoms with Gasteiger partial charge in [-0.3, -0.25) is 19.2 Å². The van der Waals surface area contributed by atoms with E-state index in [1.165, 1.54) is 24.2 Å². The van der Waals surface area contributed by atoms with E-state index in [9.17, 15) is 19.2 Å². The highest BCUT2D eigenvalue weighted by Gasteiger charge is 2.37. The molecule has 2 aliphatic heterocycles. The van der Waals surface area contributed by atoms with Crippen molar-refractivity contribution < 1.29 is 23.9 Å². The van der Waals surface area contributed by atoms with Crippen LogP contribution in [0.4, 0.5) is 0 Å². The van der Waals surface area contributed by atoms with Crippen LogP contribution >= 0.6 is 0 Å². The number of nitrogens with zero attached hydrogens (tertiary/aromatic N) is 3. The van der Waals surface area contributed by atoms with E-state index < -0.39 is 35.4 Å². The third-order valence-corrected chi connectivity index (χ3v) is 7.75.